The van der Waals surface area contributed by atoms with Crippen molar-refractivity contribution in [2.75, 3.05) is 11.9 Å². The zero-order valence-electron chi connectivity index (χ0n) is 14.1. The zero-order chi connectivity index (χ0) is 17.6. The monoisotopic (exact) mass is 343 g/mol. The molecule has 3 aliphatic rings. The third-order valence-electron chi connectivity index (χ3n) is 5.77. The average molecular weight is 343 g/mol. The molecule has 1 N–H and O–H groups in total. The van der Waals surface area contributed by atoms with Gasteiger partial charge < -0.3 is 14.8 Å². The minimum absolute atomic E-state index is 0.0135. The Morgan fingerprint density at radius 3 is 2.88 bits per heavy atom. The molecule has 6 nitrogen and oxygen atoms in total. The molecule has 132 valence electrons. The van der Waals surface area contributed by atoms with Crippen LogP contribution in [0.25, 0.3) is 0 Å². The number of aryl methyl sites for hydroxylation is 1. The summed E-state index contributed by atoms with van der Waals surface area (Å²) >= 11 is 0. The standard InChI is InChI=1S/C19H21NO5/c1-2-10-5-3-4-6-13(10)20-15(21)9-24-18(22)16-11-7-12-14(8-11)25-19(23)17(12)16/h3-6,11-12,14,16-17H,2,7-9H2,1H3,(H,20,21)/t11-,12-,14-,16-,17+/m1/s1. The van der Waals surface area contributed by atoms with Gasteiger partial charge >= 0.3 is 11.9 Å². The summed E-state index contributed by atoms with van der Waals surface area (Å²) < 4.78 is 10.5. The van der Waals surface area contributed by atoms with Gasteiger partial charge in [-0.3, -0.25) is 14.4 Å². The fourth-order valence-electron chi connectivity index (χ4n) is 4.69. The predicted octanol–water partition coefficient (Wildman–Crippen LogP) is 1.93. The Labute approximate surface area is 145 Å². The molecule has 2 aliphatic carbocycles. The van der Waals surface area contributed by atoms with Crippen LogP contribution in [-0.4, -0.2) is 30.6 Å². The van der Waals surface area contributed by atoms with Crippen molar-refractivity contribution in [1.29, 1.82) is 0 Å². The van der Waals surface area contributed by atoms with Crippen LogP contribution >= 0.6 is 0 Å². The van der Waals surface area contributed by atoms with E-state index in [0.717, 1.165) is 30.5 Å². The van der Waals surface area contributed by atoms with E-state index >= 15 is 0 Å². The number of carbonyl (C=O) groups excluding carboxylic acids is 3. The molecule has 1 heterocycles. The van der Waals surface area contributed by atoms with Gasteiger partial charge in [-0.2, -0.15) is 0 Å². The zero-order valence-corrected chi connectivity index (χ0v) is 14.1. The first-order valence-corrected chi connectivity index (χ1v) is 8.83. The predicted molar refractivity (Wildman–Crippen MR) is 88.5 cm³/mol. The van der Waals surface area contributed by atoms with Crippen molar-refractivity contribution in [2.24, 2.45) is 23.7 Å². The van der Waals surface area contributed by atoms with Crippen LogP contribution in [0.3, 0.4) is 0 Å². The lowest BCUT2D eigenvalue weighted by atomic mass is 9.80. The maximum absolute atomic E-state index is 12.4. The third kappa shape index (κ3) is 2.69. The Morgan fingerprint density at radius 1 is 1.28 bits per heavy atom. The fraction of sp³-hybridized carbons (Fsp3) is 0.526. The number of benzene rings is 1. The van der Waals surface area contributed by atoms with Gasteiger partial charge in [0.2, 0.25) is 0 Å². The number of hydrogen-bond acceptors (Lipinski definition) is 5. The molecule has 0 unspecified atom stereocenters. The molecule has 1 amide bonds. The van der Waals surface area contributed by atoms with Crippen LogP contribution in [-0.2, 0) is 30.3 Å². The van der Waals surface area contributed by atoms with E-state index < -0.39 is 11.9 Å². The van der Waals surface area contributed by atoms with Crippen molar-refractivity contribution in [3.8, 4) is 0 Å². The maximum atomic E-state index is 12.4. The van der Waals surface area contributed by atoms with Gasteiger partial charge in [0.15, 0.2) is 6.61 Å². The van der Waals surface area contributed by atoms with Crippen LogP contribution in [0.2, 0.25) is 0 Å². The normalized spacial score (nSPS) is 31.7. The van der Waals surface area contributed by atoms with Gasteiger partial charge in [0.05, 0.1) is 11.8 Å². The molecule has 25 heavy (non-hydrogen) atoms. The highest BCUT2D eigenvalue weighted by Gasteiger charge is 2.64. The number of rotatable bonds is 5. The lowest BCUT2D eigenvalue weighted by Gasteiger charge is -2.22. The van der Waals surface area contributed by atoms with E-state index in [-0.39, 0.29) is 42.3 Å². The summed E-state index contributed by atoms with van der Waals surface area (Å²) in [6.45, 7) is 1.67. The lowest BCUT2D eigenvalue weighted by molar-refractivity contribution is -0.157. The first-order valence-electron chi connectivity index (χ1n) is 8.83. The van der Waals surface area contributed by atoms with Crippen LogP contribution in [0, 0.1) is 23.7 Å². The van der Waals surface area contributed by atoms with E-state index in [4.69, 9.17) is 9.47 Å². The van der Waals surface area contributed by atoms with E-state index in [2.05, 4.69) is 5.32 Å². The first-order chi connectivity index (χ1) is 12.1. The minimum Gasteiger partial charge on any atom is -0.462 e. The molecule has 1 aromatic rings. The molecule has 1 saturated heterocycles. The van der Waals surface area contributed by atoms with E-state index in [9.17, 15) is 14.4 Å². The average Bonchev–Trinajstić information content (AvgIpc) is 3.22. The summed E-state index contributed by atoms with van der Waals surface area (Å²) in [4.78, 5) is 36.5. The molecule has 2 saturated carbocycles. The summed E-state index contributed by atoms with van der Waals surface area (Å²) in [7, 11) is 0. The molecule has 4 rings (SSSR count). The van der Waals surface area contributed by atoms with E-state index in [0.29, 0.717) is 0 Å². The summed E-state index contributed by atoms with van der Waals surface area (Å²) in [6, 6.07) is 7.53. The fourth-order valence-corrected chi connectivity index (χ4v) is 4.69. The van der Waals surface area contributed by atoms with Gasteiger partial charge in [-0.15, -0.1) is 0 Å². The summed E-state index contributed by atoms with van der Waals surface area (Å²) in [6.07, 6.45) is 2.37. The van der Waals surface area contributed by atoms with Gasteiger partial charge in [-0.1, -0.05) is 25.1 Å². The molecule has 0 aromatic heterocycles. The quantitative estimate of drug-likeness (QED) is 0.826. The number of hydrogen-bond donors (Lipinski definition) is 1. The second-order valence-corrected chi connectivity index (χ2v) is 7.09. The molecular weight excluding hydrogens is 322 g/mol. The van der Waals surface area contributed by atoms with Crippen molar-refractivity contribution in [3.63, 3.8) is 0 Å². The van der Waals surface area contributed by atoms with Crippen molar-refractivity contribution < 1.29 is 23.9 Å². The molecule has 6 heteroatoms. The van der Waals surface area contributed by atoms with Gasteiger partial charge in [0.25, 0.3) is 5.91 Å². The van der Waals surface area contributed by atoms with E-state index in [1.807, 2.05) is 31.2 Å². The Hall–Kier alpha value is -2.37. The summed E-state index contributed by atoms with van der Waals surface area (Å²) in [5, 5.41) is 2.78. The Bertz CT molecular complexity index is 728. The molecule has 3 fully saturated rings. The number of carbonyl (C=O) groups is 3. The number of fused-ring (bicyclic) bond motifs is 1. The summed E-state index contributed by atoms with van der Waals surface area (Å²) in [5.41, 5.74) is 1.75. The van der Waals surface area contributed by atoms with Crippen molar-refractivity contribution in [3.05, 3.63) is 29.8 Å². The molecule has 2 bridgehead atoms. The van der Waals surface area contributed by atoms with Crippen LogP contribution in [0.15, 0.2) is 24.3 Å². The third-order valence-corrected chi connectivity index (χ3v) is 5.77. The van der Waals surface area contributed by atoms with Gasteiger partial charge in [-0.05, 0) is 36.8 Å². The minimum atomic E-state index is -0.452. The maximum Gasteiger partial charge on any atom is 0.310 e. The number of anilines is 1. The topological polar surface area (TPSA) is 81.7 Å². The van der Waals surface area contributed by atoms with Crippen molar-refractivity contribution in [1.82, 2.24) is 0 Å². The highest BCUT2D eigenvalue weighted by Crippen LogP contribution is 2.57. The van der Waals surface area contributed by atoms with E-state index in [1.54, 1.807) is 0 Å². The van der Waals surface area contributed by atoms with E-state index in [1.165, 1.54) is 0 Å². The number of esters is 2. The number of para-hydroxylation sites is 1. The van der Waals surface area contributed by atoms with Gasteiger partial charge in [0.1, 0.15) is 6.10 Å². The van der Waals surface area contributed by atoms with Gasteiger partial charge in [-0.25, -0.2) is 0 Å². The molecule has 1 aliphatic heterocycles. The van der Waals surface area contributed by atoms with Crippen molar-refractivity contribution >= 4 is 23.5 Å². The molecular formula is C19H21NO5. The first kappa shape index (κ1) is 16.1. The summed E-state index contributed by atoms with van der Waals surface area (Å²) in [5.74, 6) is -1.63. The van der Waals surface area contributed by atoms with Crippen LogP contribution in [0.5, 0.6) is 0 Å². The lowest BCUT2D eigenvalue weighted by Crippen LogP contribution is -2.35. The van der Waals surface area contributed by atoms with Crippen LogP contribution in [0.1, 0.15) is 25.3 Å². The highest BCUT2D eigenvalue weighted by molar-refractivity contribution is 5.94. The highest BCUT2D eigenvalue weighted by atomic mass is 16.6. The number of nitrogens with one attached hydrogen (secondary N) is 1. The molecule has 0 radical (unpaired) electrons. The largest absolute Gasteiger partial charge is 0.462 e. The molecule has 0 spiro atoms. The SMILES string of the molecule is CCc1ccccc1NC(=O)COC(=O)[C@@H]1[C@@H]2C[C@H]3[C@@H]1C(=O)O[C@@H]3C2. The van der Waals surface area contributed by atoms with Crippen molar-refractivity contribution in [2.45, 2.75) is 32.3 Å². The Kier molecular flexibility index (Phi) is 3.98. The Morgan fingerprint density at radius 2 is 2.08 bits per heavy atom. The van der Waals surface area contributed by atoms with Gasteiger partial charge in [0, 0.05) is 11.6 Å². The molecule has 1 aromatic carbocycles. The second kappa shape index (κ2) is 6.17. The smallest absolute Gasteiger partial charge is 0.310 e. The number of amides is 1. The second-order valence-electron chi connectivity index (χ2n) is 7.09. The van der Waals surface area contributed by atoms with Crippen LogP contribution in [0.4, 0.5) is 5.69 Å². The van der Waals surface area contributed by atoms with Crippen LogP contribution < -0.4 is 5.32 Å². The Balaban J connectivity index is 1.35. The number of ether oxygens (including phenoxy) is 2. The molecule has 5 atom stereocenters.